The molecule has 0 atom stereocenters. The molecule has 0 spiro atoms. The molecule has 0 saturated heterocycles. The van der Waals surface area contributed by atoms with Crippen molar-refractivity contribution in [2.75, 3.05) is 23.8 Å². The second kappa shape index (κ2) is 20.4. The summed E-state index contributed by atoms with van der Waals surface area (Å²) in [6.45, 7) is -0.783. The van der Waals surface area contributed by atoms with Crippen LogP contribution in [0.5, 0.6) is 5.75 Å². The molecule has 3 N–H and O–H groups in total. The van der Waals surface area contributed by atoms with Crippen LogP contribution in [0, 0.1) is 0 Å². The Bertz CT molecular complexity index is 2330. The van der Waals surface area contributed by atoms with E-state index in [0.717, 1.165) is 18.1 Å². The Morgan fingerprint density at radius 3 is 2.28 bits per heavy atom. The molecule has 5 aromatic rings. The second-order valence-corrected chi connectivity index (χ2v) is 13.6. The minimum absolute atomic E-state index is 0. The molecule has 53 heavy (non-hydrogen) atoms. The molecule has 1 heterocycles. The van der Waals surface area contributed by atoms with Crippen molar-refractivity contribution >= 4 is 107 Å². The molecule has 0 aliphatic carbocycles. The van der Waals surface area contributed by atoms with Gasteiger partial charge in [0.05, 0.1) is 40.6 Å². The molecule has 266 valence electrons. The summed E-state index contributed by atoms with van der Waals surface area (Å²) in [7, 11) is -9.79. The summed E-state index contributed by atoms with van der Waals surface area (Å²) >= 11 is 11.1. The zero-order valence-electron chi connectivity index (χ0n) is 27.3. The van der Waals surface area contributed by atoms with Crippen molar-refractivity contribution in [3.05, 3.63) is 84.1 Å². The van der Waals surface area contributed by atoms with Gasteiger partial charge in [-0.2, -0.15) is 32.8 Å². The molecule has 5 rings (SSSR count). The molecule has 1 aromatic heterocycles. The number of azo groups is 1. The topological polar surface area (TPSA) is 262 Å². The number of nitrogens with one attached hydrogen (secondary N) is 2. The second-order valence-electron chi connectivity index (χ2n) is 9.63. The Labute approximate surface area is 361 Å². The molecule has 0 radical (unpaired) electrons. The smallest absolute Gasteiger partial charge is 0.871 e. The van der Waals surface area contributed by atoms with E-state index in [4.69, 9.17) is 25.4 Å². The Kier molecular flexibility index (Phi) is 17.3. The number of rotatable bonds is 14. The predicted molar refractivity (Wildman–Crippen MR) is 187 cm³/mol. The molecule has 0 amide bonds. The van der Waals surface area contributed by atoms with Crippen LogP contribution in [-0.4, -0.2) is 59.3 Å². The first kappa shape index (κ1) is 44.9. The number of nitrogens with zero attached hydrogens (tertiary/aromatic N) is 6. The number of aliphatic imine (C=N–C) groups is 1. The first-order chi connectivity index (χ1) is 24.2. The van der Waals surface area contributed by atoms with Gasteiger partial charge in [0.25, 0.3) is 0 Å². The third-order valence-electron chi connectivity index (χ3n) is 6.06. The Balaban J connectivity index is 0.00000378. The maximum Gasteiger partial charge on any atom is 1.00 e. The van der Waals surface area contributed by atoms with Crippen LogP contribution in [0.25, 0.3) is 10.8 Å². The third kappa shape index (κ3) is 13.9. The minimum Gasteiger partial charge on any atom is -0.871 e. The van der Waals surface area contributed by atoms with Crippen molar-refractivity contribution in [1.29, 1.82) is 0 Å². The largest absolute Gasteiger partial charge is 1.00 e. The van der Waals surface area contributed by atoms with Gasteiger partial charge in [-0.15, -0.1) is 17.7 Å². The van der Waals surface area contributed by atoms with Gasteiger partial charge in [-0.05, 0) is 77.0 Å². The summed E-state index contributed by atoms with van der Waals surface area (Å²) in [5.41, 5.74) is 0.445. The first-order valence-corrected chi connectivity index (χ1v) is 18.2. The summed E-state index contributed by atoms with van der Waals surface area (Å²) in [5.74, 6) is -0.866. The average molecular weight is 839 g/mol. The van der Waals surface area contributed by atoms with Crippen molar-refractivity contribution in [3.8, 4) is 5.75 Å². The van der Waals surface area contributed by atoms with Gasteiger partial charge < -0.3 is 20.3 Å². The molecule has 0 aliphatic rings. The molecule has 0 saturated carbocycles. The van der Waals surface area contributed by atoms with Gasteiger partial charge >= 0.3 is 69.5 Å². The fraction of sp³-hybridized carbons (Fsp3) is 0.0714. The van der Waals surface area contributed by atoms with Gasteiger partial charge in [0, 0.05) is 10.6 Å². The molecule has 25 heteroatoms. The number of halogens is 1. The number of amidine groups is 1. The number of thiol groups is 1. The van der Waals surface area contributed by atoms with E-state index in [9.17, 15) is 26.5 Å². The van der Waals surface area contributed by atoms with Crippen LogP contribution in [0.2, 0.25) is 5.28 Å². The predicted octanol–water partition coefficient (Wildman–Crippen LogP) is -0.373. The maximum atomic E-state index is 13.4. The van der Waals surface area contributed by atoms with Gasteiger partial charge in [0.2, 0.25) is 17.2 Å². The zero-order valence-corrected chi connectivity index (χ0v) is 35.4. The minimum atomic E-state index is -5.19. The number of hydrogen-bond donors (Lipinski definition) is 4. The van der Waals surface area contributed by atoms with E-state index in [1.807, 2.05) is 6.07 Å². The number of fused-ring (bicyclic) bond motifs is 1. The summed E-state index contributed by atoms with van der Waals surface area (Å²) in [5, 5.41) is 26.9. The number of para-hydroxylation sites is 1. The summed E-state index contributed by atoms with van der Waals surface area (Å²) < 4.78 is 75.0. The molecular weight excluding hydrogens is 818 g/mol. The Morgan fingerprint density at radius 1 is 0.906 bits per heavy atom. The van der Waals surface area contributed by atoms with Gasteiger partial charge in [0.1, 0.15) is 16.7 Å². The van der Waals surface area contributed by atoms with Crippen LogP contribution in [0.15, 0.2) is 104 Å². The van der Waals surface area contributed by atoms with Crippen molar-refractivity contribution in [1.82, 2.24) is 15.0 Å². The molecule has 0 bridgehead atoms. The van der Waals surface area contributed by atoms with Crippen LogP contribution in [0.4, 0.5) is 34.6 Å². The molecule has 0 fully saturated rings. The third-order valence-corrected chi connectivity index (χ3v) is 8.38. The van der Waals surface area contributed by atoms with E-state index >= 15 is 0 Å². The van der Waals surface area contributed by atoms with Gasteiger partial charge in [-0.1, -0.05) is 30.0 Å². The first-order valence-electron chi connectivity index (χ1n) is 13.9. The zero-order chi connectivity index (χ0) is 36.6. The van der Waals surface area contributed by atoms with Crippen molar-refractivity contribution in [3.63, 3.8) is 0 Å². The Hall–Kier alpha value is -2.49. The average Bonchev–Trinajstić information content (AvgIpc) is 3.05. The maximum absolute atomic E-state index is 13.4. The van der Waals surface area contributed by atoms with Crippen molar-refractivity contribution < 1.29 is 104 Å². The SMILES string of the molecule is O=S(=O)(O)OCCOOSc1ccc(N=Nc2c(S(=O)(=O)[O-])cc3cc(Nc4nc(Cl)nc(NC(S)=Nc5ccccc5)n4)ccc3c2[O-])cc1.[Na+].[Na+]. The fourth-order valence-electron chi connectivity index (χ4n) is 3.99. The van der Waals surface area contributed by atoms with E-state index < -0.39 is 43.5 Å². The van der Waals surface area contributed by atoms with E-state index in [1.165, 1.54) is 42.5 Å². The fourth-order valence-corrected chi connectivity index (χ4v) is 5.73. The molecule has 0 aliphatic heterocycles. The number of hydrogen-bond acceptors (Lipinski definition) is 17. The quantitative estimate of drug-likeness (QED) is 0.0106. The van der Waals surface area contributed by atoms with Crippen LogP contribution in [0.3, 0.4) is 0 Å². The van der Waals surface area contributed by atoms with E-state index in [-0.39, 0.29) is 105 Å². The monoisotopic (exact) mass is 838 g/mol. The van der Waals surface area contributed by atoms with Gasteiger partial charge in [0.15, 0.2) is 5.17 Å². The summed E-state index contributed by atoms with van der Waals surface area (Å²) in [4.78, 5) is 20.9. The van der Waals surface area contributed by atoms with Gasteiger partial charge in [-0.25, -0.2) is 22.5 Å². The van der Waals surface area contributed by atoms with Crippen LogP contribution in [0.1, 0.15) is 0 Å². The molecule has 0 unspecified atom stereocenters. The summed E-state index contributed by atoms with van der Waals surface area (Å²) in [6, 6.07) is 20.2. The van der Waals surface area contributed by atoms with Crippen molar-refractivity contribution in [2.24, 2.45) is 15.2 Å². The standard InChI is InChI=1S/C28H23ClN8O10S4.2Na/c29-25-32-26(34-27(33-25)35-28(48)31-17-4-2-1-3-5-17)30-19-8-11-21-16(14-19)15-22(50(39,40)41)23(24(21)38)37-36-18-6-9-20(10-7-18)49-47-45-12-13-46-51(42,43)44;;/h1-11,14-15,38H,12-13H2,(H,39,40,41)(H,42,43,44)(H3,30,31,32,33,34,35,48);;/q;2*+1/p-2. The summed E-state index contributed by atoms with van der Waals surface area (Å²) in [6.07, 6.45) is 0. The van der Waals surface area contributed by atoms with Crippen LogP contribution < -0.4 is 74.9 Å². The van der Waals surface area contributed by atoms with Gasteiger partial charge in [-0.3, -0.25) is 4.55 Å². The van der Waals surface area contributed by atoms with E-state index in [1.54, 1.807) is 24.3 Å². The van der Waals surface area contributed by atoms with E-state index in [0.29, 0.717) is 16.3 Å². The number of anilines is 3. The van der Waals surface area contributed by atoms with E-state index in [2.05, 4.69) is 57.6 Å². The molecular formula is C28H21ClN8Na2O10S4. The number of aromatic nitrogens is 3. The number of benzene rings is 4. The van der Waals surface area contributed by atoms with Crippen LogP contribution >= 0.6 is 36.3 Å². The van der Waals surface area contributed by atoms with Crippen molar-refractivity contribution in [2.45, 2.75) is 9.79 Å². The normalized spacial score (nSPS) is 12.0. The molecule has 4 aromatic carbocycles. The Morgan fingerprint density at radius 2 is 1.60 bits per heavy atom. The van der Waals surface area contributed by atoms with Crippen LogP contribution in [-0.2, 0) is 33.9 Å². The molecule has 18 nitrogen and oxygen atoms in total.